The van der Waals surface area contributed by atoms with Crippen LogP contribution in [-0.2, 0) is 11.2 Å². The molecule has 0 saturated carbocycles. The topological polar surface area (TPSA) is 55.1 Å². The summed E-state index contributed by atoms with van der Waals surface area (Å²) < 4.78 is 0. The first-order valence-corrected chi connectivity index (χ1v) is 5.85. The summed E-state index contributed by atoms with van der Waals surface area (Å²) in [5, 5.41) is 2.84. The molecule has 1 amide bonds. The Kier molecular flexibility index (Phi) is 3.63. The first-order valence-electron chi connectivity index (χ1n) is 5.85. The Balaban J connectivity index is 2.03. The normalized spacial score (nSPS) is 10.1. The minimum absolute atomic E-state index is 0.0325. The predicted octanol–water partition coefficient (Wildman–Crippen LogP) is 2.76. The molecular weight excluding hydrogens is 224 g/mol. The summed E-state index contributed by atoms with van der Waals surface area (Å²) in [5.41, 5.74) is 9.20. The van der Waals surface area contributed by atoms with Gasteiger partial charge in [0.2, 0.25) is 5.91 Å². The molecule has 0 saturated heterocycles. The summed E-state index contributed by atoms with van der Waals surface area (Å²) in [6, 6.07) is 15.1. The van der Waals surface area contributed by atoms with Gasteiger partial charge >= 0.3 is 0 Å². The van der Waals surface area contributed by atoms with Crippen LogP contribution in [0, 0.1) is 6.92 Å². The number of aryl methyl sites for hydroxylation is 1. The van der Waals surface area contributed by atoms with Crippen LogP contribution in [0.1, 0.15) is 11.1 Å². The number of carbonyl (C=O) groups excluding carboxylic acids is 1. The second kappa shape index (κ2) is 5.36. The third kappa shape index (κ3) is 3.10. The number of benzene rings is 2. The van der Waals surface area contributed by atoms with E-state index in [4.69, 9.17) is 5.73 Å². The van der Waals surface area contributed by atoms with E-state index in [9.17, 15) is 4.79 Å². The first-order chi connectivity index (χ1) is 8.65. The molecule has 0 aliphatic heterocycles. The lowest BCUT2D eigenvalue weighted by Gasteiger charge is -2.07. The molecule has 0 aromatic heterocycles. The van der Waals surface area contributed by atoms with Gasteiger partial charge in [0, 0.05) is 11.4 Å². The molecule has 0 aliphatic rings. The number of nitrogen functional groups attached to an aromatic ring is 1. The monoisotopic (exact) mass is 240 g/mol. The summed E-state index contributed by atoms with van der Waals surface area (Å²) in [5.74, 6) is -0.0325. The van der Waals surface area contributed by atoms with Gasteiger partial charge < -0.3 is 11.1 Å². The second-order valence-corrected chi connectivity index (χ2v) is 4.28. The molecule has 0 atom stereocenters. The zero-order valence-corrected chi connectivity index (χ0v) is 10.3. The Labute approximate surface area is 107 Å². The first kappa shape index (κ1) is 12.2. The van der Waals surface area contributed by atoms with Crippen molar-refractivity contribution >= 4 is 17.3 Å². The molecule has 0 heterocycles. The van der Waals surface area contributed by atoms with Crippen molar-refractivity contribution in [3.63, 3.8) is 0 Å². The Morgan fingerprint density at radius 3 is 2.67 bits per heavy atom. The smallest absolute Gasteiger partial charge is 0.228 e. The second-order valence-electron chi connectivity index (χ2n) is 4.28. The average Bonchev–Trinajstić information content (AvgIpc) is 2.32. The van der Waals surface area contributed by atoms with Crippen molar-refractivity contribution in [1.82, 2.24) is 0 Å². The molecule has 3 nitrogen and oxygen atoms in total. The van der Waals surface area contributed by atoms with Gasteiger partial charge in [-0.1, -0.05) is 30.3 Å². The van der Waals surface area contributed by atoms with E-state index >= 15 is 0 Å². The van der Waals surface area contributed by atoms with Gasteiger partial charge in [0.15, 0.2) is 0 Å². The molecule has 0 fully saturated rings. The van der Waals surface area contributed by atoms with Gasteiger partial charge in [-0.25, -0.2) is 0 Å². The maximum absolute atomic E-state index is 11.9. The van der Waals surface area contributed by atoms with Crippen LogP contribution >= 0.6 is 0 Å². The van der Waals surface area contributed by atoms with E-state index in [-0.39, 0.29) is 5.91 Å². The van der Waals surface area contributed by atoms with Crippen LogP contribution in [0.25, 0.3) is 0 Å². The molecule has 2 rings (SSSR count). The number of nitrogens with one attached hydrogen (secondary N) is 1. The van der Waals surface area contributed by atoms with Gasteiger partial charge in [0.05, 0.1) is 6.42 Å². The number of amides is 1. The number of hydrogen-bond acceptors (Lipinski definition) is 2. The summed E-state index contributed by atoms with van der Waals surface area (Å²) in [4.78, 5) is 11.9. The predicted molar refractivity (Wildman–Crippen MR) is 74.4 cm³/mol. The Morgan fingerprint density at radius 2 is 1.94 bits per heavy atom. The highest BCUT2D eigenvalue weighted by Crippen LogP contribution is 2.13. The molecule has 3 N–H and O–H groups in total. The fourth-order valence-electron chi connectivity index (χ4n) is 1.80. The van der Waals surface area contributed by atoms with E-state index in [1.54, 1.807) is 12.1 Å². The molecule has 0 radical (unpaired) electrons. The van der Waals surface area contributed by atoms with Gasteiger partial charge in [-0.05, 0) is 36.2 Å². The van der Waals surface area contributed by atoms with Gasteiger partial charge in [-0.2, -0.15) is 0 Å². The molecule has 3 heteroatoms. The van der Waals surface area contributed by atoms with Crippen LogP contribution < -0.4 is 11.1 Å². The highest BCUT2D eigenvalue weighted by molar-refractivity contribution is 5.92. The van der Waals surface area contributed by atoms with Crippen molar-refractivity contribution in [3.8, 4) is 0 Å². The van der Waals surface area contributed by atoms with Crippen LogP contribution in [0.4, 0.5) is 11.4 Å². The lowest BCUT2D eigenvalue weighted by Crippen LogP contribution is -2.15. The molecule has 0 bridgehead atoms. The largest absolute Gasteiger partial charge is 0.399 e. The fourth-order valence-corrected chi connectivity index (χ4v) is 1.80. The average molecular weight is 240 g/mol. The molecule has 2 aromatic rings. The molecule has 0 unspecified atom stereocenters. The van der Waals surface area contributed by atoms with Crippen molar-refractivity contribution in [2.45, 2.75) is 13.3 Å². The van der Waals surface area contributed by atoms with Crippen molar-refractivity contribution < 1.29 is 4.79 Å². The fraction of sp³-hybridized carbons (Fsp3) is 0.133. The van der Waals surface area contributed by atoms with E-state index in [1.165, 1.54) is 0 Å². The highest BCUT2D eigenvalue weighted by Gasteiger charge is 2.05. The minimum atomic E-state index is -0.0325. The molecule has 0 aliphatic carbocycles. The lowest BCUT2D eigenvalue weighted by atomic mass is 10.1. The molecule has 0 spiro atoms. The summed E-state index contributed by atoms with van der Waals surface area (Å²) in [6.07, 6.45) is 0.376. The van der Waals surface area contributed by atoms with E-state index in [2.05, 4.69) is 5.32 Å². The number of rotatable bonds is 3. The minimum Gasteiger partial charge on any atom is -0.399 e. The Bertz CT molecular complexity index is 564. The van der Waals surface area contributed by atoms with Crippen molar-refractivity contribution in [1.29, 1.82) is 0 Å². The molecule has 92 valence electrons. The summed E-state index contributed by atoms with van der Waals surface area (Å²) in [6.45, 7) is 2.00. The van der Waals surface area contributed by atoms with E-state index < -0.39 is 0 Å². The number of carbonyl (C=O) groups is 1. The van der Waals surface area contributed by atoms with Gasteiger partial charge in [0.1, 0.15) is 0 Å². The lowest BCUT2D eigenvalue weighted by molar-refractivity contribution is -0.115. The number of hydrogen-bond donors (Lipinski definition) is 2. The SMILES string of the molecule is Cc1ccccc1CC(=O)Nc1cccc(N)c1. The van der Waals surface area contributed by atoms with Crippen LogP contribution in [0.3, 0.4) is 0 Å². The van der Waals surface area contributed by atoms with E-state index in [0.717, 1.165) is 16.8 Å². The zero-order chi connectivity index (χ0) is 13.0. The van der Waals surface area contributed by atoms with Gasteiger partial charge in [-0.3, -0.25) is 4.79 Å². The Hall–Kier alpha value is -2.29. The third-order valence-electron chi connectivity index (χ3n) is 2.78. The highest BCUT2D eigenvalue weighted by atomic mass is 16.1. The van der Waals surface area contributed by atoms with Crippen molar-refractivity contribution in [3.05, 3.63) is 59.7 Å². The molecular formula is C15H16N2O. The van der Waals surface area contributed by atoms with Gasteiger partial charge in [0.25, 0.3) is 0 Å². The Morgan fingerprint density at radius 1 is 1.17 bits per heavy atom. The van der Waals surface area contributed by atoms with Crippen molar-refractivity contribution in [2.24, 2.45) is 0 Å². The van der Waals surface area contributed by atoms with Crippen LogP contribution in [-0.4, -0.2) is 5.91 Å². The standard InChI is InChI=1S/C15H16N2O/c1-11-5-2-3-6-12(11)9-15(18)17-14-8-4-7-13(16)10-14/h2-8,10H,9,16H2,1H3,(H,17,18). The third-order valence-corrected chi connectivity index (χ3v) is 2.78. The number of anilines is 2. The quantitative estimate of drug-likeness (QED) is 0.810. The van der Waals surface area contributed by atoms with Gasteiger partial charge in [-0.15, -0.1) is 0 Å². The maximum Gasteiger partial charge on any atom is 0.228 e. The summed E-state index contributed by atoms with van der Waals surface area (Å²) >= 11 is 0. The molecule has 2 aromatic carbocycles. The zero-order valence-electron chi connectivity index (χ0n) is 10.3. The van der Waals surface area contributed by atoms with E-state index in [0.29, 0.717) is 12.1 Å². The molecule has 18 heavy (non-hydrogen) atoms. The van der Waals surface area contributed by atoms with Crippen LogP contribution in [0.15, 0.2) is 48.5 Å². The number of nitrogens with two attached hydrogens (primary N) is 1. The van der Waals surface area contributed by atoms with Crippen LogP contribution in [0.5, 0.6) is 0 Å². The van der Waals surface area contributed by atoms with Crippen LogP contribution in [0.2, 0.25) is 0 Å². The maximum atomic E-state index is 11.9. The van der Waals surface area contributed by atoms with E-state index in [1.807, 2.05) is 43.3 Å². The van der Waals surface area contributed by atoms with Crippen molar-refractivity contribution in [2.75, 3.05) is 11.1 Å². The summed E-state index contributed by atoms with van der Waals surface area (Å²) in [7, 11) is 0.